The van der Waals surface area contributed by atoms with Gasteiger partial charge >= 0.3 is 37.9 Å². The van der Waals surface area contributed by atoms with Crippen molar-refractivity contribution < 1.29 is 20.8 Å². The van der Waals surface area contributed by atoms with Crippen LogP contribution in [0.3, 0.4) is 0 Å². The van der Waals surface area contributed by atoms with Crippen LogP contribution in [-0.4, -0.2) is 6.71 Å². The molecule has 4 heteroatoms. The number of fused-ring (bicyclic) bond motifs is 6. The van der Waals surface area contributed by atoms with E-state index in [4.69, 9.17) is 17.0 Å². The van der Waals surface area contributed by atoms with Gasteiger partial charge in [0.1, 0.15) is 6.71 Å². The number of rotatable bonds is 2. The Morgan fingerprint density at radius 3 is 1.52 bits per heavy atom. The Balaban J connectivity index is 0.000000583. The van der Waals surface area contributed by atoms with Gasteiger partial charge in [-0.15, -0.1) is 0 Å². The van der Waals surface area contributed by atoms with Gasteiger partial charge in [-0.2, -0.15) is 0 Å². The van der Waals surface area contributed by atoms with E-state index in [-0.39, 0.29) is 14.9 Å². The Morgan fingerprint density at radius 2 is 1.09 bits per heavy atom. The summed E-state index contributed by atoms with van der Waals surface area (Å²) in [7, 11) is 9.87. The Kier molecular flexibility index (Phi) is 9.77. The van der Waals surface area contributed by atoms with Crippen molar-refractivity contribution in [2.75, 3.05) is 0 Å². The van der Waals surface area contributed by atoms with Crippen molar-refractivity contribution in [2.24, 2.45) is 11.8 Å². The van der Waals surface area contributed by atoms with Crippen LogP contribution in [0.2, 0.25) is 18.5 Å². The standard InChI is InChI=1S/C27H29B.2CH3.2ClH.Zr/c1-28(26-16-14-22-20-8-4-2-6-18(20)10-12-24(22)26)27-17-15-23-21-9-5-3-7-19(21)11-13-25(23)27;;;;;/h2-13,22-27H,14-17H2,1H3;2*1H3;2*1H;/q;2*-1;;;+4/p-2. The summed E-state index contributed by atoms with van der Waals surface area (Å²) < 4.78 is 0. The molecule has 33 heavy (non-hydrogen) atoms. The van der Waals surface area contributed by atoms with Gasteiger partial charge in [0.25, 0.3) is 0 Å². The molecule has 2 saturated carbocycles. The van der Waals surface area contributed by atoms with Gasteiger partial charge in [0.2, 0.25) is 0 Å². The fraction of sp³-hybridized carbons (Fsp3) is 0.379. The molecule has 2 aromatic carbocycles. The monoisotopic (exact) mass is 554 g/mol. The third kappa shape index (κ3) is 5.06. The zero-order chi connectivity index (χ0) is 21.4. The molecular weight excluding hydrogens is 521 g/mol. The van der Waals surface area contributed by atoms with Crippen molar-refractivity contribution >= 4 is 35.9 Å². The SMILES string of the molecule is CB(C1CCC2c3ccccc3C=CC12)C1CCC2c3ccccc3C=CC12.[CH3-].[CH3-].[Cl][Zr+2][Cl]. The Morgan fingerprint density at radius 1 is 0.697 bits per heavy atom. The molecule has 172 valence electrons. The van der Waals surface area contributed by atoms with Crippen molar-refractivity contribution in [3.05, 3.63) is 97.8 Å². The van der Waals surface area contributed by atoms with Gasteiger partial charge in [-0.1, -0.05) is 104 Å². The van der Waals surface area contributed by atoms with Gasteiger partial charge in [0.05, 0.1) is 0 Å². The third-order valence-corrected chi connectivity index (χ3v) is 8.68. The summed E-state index contributed by atoms with van der Waals surface area (Å²) in [5.41, 5.74) is 6.15. The van der Waals surface area contributed by atoms with E-state index in [1.54, 1.807) is 11.1 Å². The van der Waals surface area contributed by atoms with Gasteiger partial charge in [0, 0.05) is 0 Å². The van der Waals surface area contributed by atoms with Crippen molar-refractivity contribution in [1.29, 1.82) is 0 Å². The first kappa shape index (κ1) is 27.0. The molecule has 0 aliphatic heterocycles. The second-order valence-electron chi connectivity index (χ2n) is 9.76. The van der Waals surface area contributed by atoms with Crippen LogP contribution in [0.4, 0.5) is 0 Å². The van der Waals surface area contributed by atoms with Crippen molar-refractivity contribution in [2.45, 2.75) is 56.0 Å². The van der Waals surface area contributed by atoms with E-state index in [0.29, 0.717) is 0 Å². The first-order valence-electron chi connectivity index (χ1n) is 11.7. The number of hydrogen-bond acceptors (Lipinski definition) is 0. The summed E-state index contributed by atoms with van der Waals surface area (Å²) in [6.45, 7) is 3.40. The number of halogens is 2. The van der Waals surface area contributed by atoms with Gasteiger partial charge in [0.15, 0.2) is 0 Å². The van der Waals surface area contributed by atoms with E-state index in [9.17, 15) is 0 Å². The van der Waals surface area contributed by atoms with Gasteiger partial charge in [-0.25, -0.2) is 0 Å². The average molecular weight is 557 g/mol. The van der Waals surface area contributed by atoms with E-state index < -0.39 is 20.8 Å². The molecule has 0 nitrogen and oxygen atoms in total. The molecule has 2 fully saturated rings. The average Bonchev–Trinajstić information content (AvgIpc) is 3.44. The number of benzene rings is 2. The molecule has 6 atom stereocenters. The summed E-state index contributed by atoms with van der Waals surface area (Å²) in [5.74, 6) is 4.72. The van der Waals surface area contributed by atoms with Crippen LogP contribution in [0.5, 0.6) is 0 Å². The van der Waals surface area contributed by atoms with Crippen LogP contribution >= 0.6 is 17.0 Å². The predicted molar refractivity (Wildman–Crippen MR) is 146 cm³/mol. The zero-order valence-corrected chi connectivity index (χ0v) is 24.0. The van der Waals surface area contributed by atoms with E-state index in [0.717, 1.165) is 42.0 Å². The molecule has 6 rings (SSSR count). The summed E-state index contributed by atoms with van der Waals surface area (Å²) in [5, 5.41) is 0. The zero-order valence-electron chi connectivity index (χ0n) is 20.1. The third-order valence-electron chi connectivity index (χ3n) is 8.68. The second kappa shape index (κ2) is 11.9. The predicted octanol–water partition coefficient (Wildman–Crippen LogP) is 9.57. The van der Waals surface area contributed by atoms with Crippen LogP contribution in [0.15, 0.2) is 60.7 Å². The second-order valence-corrected chi connectivity index (χ2v) is 13.5. The number of hydrogen-bond donors (Lipinski definition) is 0. The quantitative estimate of drug-likeness (QED) is 0.255. The summed E-state index contributed by atoms with van der Waals surface area (Å²) >= 11 is -0.826. The molecule has 0 bridgehead atoms. The van der Waals surface area contributed by atoms with Crippen molar-refractivity contribution in [3.8, 4) is 0 Å². The van der Waals surface area contributed by atoms with Gasteiger partial charge in [-0.3, -0.25) is 0 Å². The summed E-state index contributed by atoms with van der Waals surface area (Å²) in [6, 6.07) is 18.2. The fourth-order valence-corrected chi connectivity index (χ4v) is 7.36. The van der Waals surface area contributed by atoms with Crippen molar-refractivity contribution in [3.63, 3.8) is 0 Å². The molecule has 0 amide bonds. The van der Waals surface area contributed by atoms with E-state index in [1.807, 2.05) is 0 Å². The van der Waals surface area contributed by atoms with E-state index >= 15 is 0 Å². The Bertz CT molecular complexity index is 910. The topological polar surface area (TPSA) is 0 Å². The Hall–Kier alpha value is -0.552. The van der Waals surface area contributed by atoms with Crippen LogP contribution in [0.1, 0.15) is 59.8 Å². The van der Waals surface area contributed by atoms with Crippen molar-refractivity contribution in [1.82, 2.24) is 0 Å². The molecule has 0 spiro atoms. The minimum atomic E-state index is -0.826. The van der Waals surface area contributed by atoms with Crippen LogP contribution < -0.4 is 0 Å². The normalized spacial score (nSPS) is 29.5. The Labute approximate surface area is 221 Å². The first-order valence-corrected chi connectivity index (χ1v) is 18.1. The molecule has 0 heterocycles. The molecular formula is C29H35BCl2Zr. The van der Waals surface area contributed by atoms with E-state index in [1.165, 1.54) is 36.8 Å². The van der Waals surface area contributed by atoms with Crippen LogP contribution in [0.25, 0.3) is 12.2 Å². The van der Waals surface area contributed by atoms with Gasteiger partial charge in [-0.05, 0) is 58.8 Å². The molecule has 4 aliphatic rings. The van der Waals surface area contributed by atoms with Gasteiger partial charge < -0.3 is 14.9 Å². The maximum atomic E-state index is 4.93. The molecule has 2 aromatic rings. The molecule has 6 unspecified atom stereocenters. The first-order chi connectivity index (χ1) is 15.2. The maximum absolute atomic E-state index is 4.93. The molecule has 0 saturated heterocycles. The molecule has 0 N–H and O–H groups in total. The minimum absolute atomic E-state index is 0. The molecule has 0 aromatic heterocycles. The van der Waals surface area contributed by atoms with E-state index in [2.05, 4.69) is 79.7 Å². The summed E-state index contributed by atoms with van der Waals surface area (Å²) in [6.07, 6.45) is 15.5. The number of allylic oxidation sites excluding steroid dienone is 2. The van der Waals surface area contributed by atoms with Crippen LogP contribution in [-0.2, 0) is 20.8 Å². The molecule has 0 radical (unpaired) electrons. The summed E-state index contributed by atoms with van der Waals surface area (Å²) in [4.78, 5) is 0. The molecule has 4 aliphatic carbocycles. The fourth-order valence-electron chi connectivity index (χ4n) is 7.36. The van der Waals surface area contributed by atoms with Crippen LogP contribution in [0, 0.1) is 26.7 Å².